The van der Waals surface area contributed by atoms with E-state index < -0.39 is 5.91 Å². The summed E-state index contributed by atoms with van der Waals surface area (Å²) < 4.78 is 0. The monoisotopic (exact) mass is 160 g/mol. The number of carbonyl (C=O) groups excluding carboxylic acids is 2. The Morgan fingerprint density at radius 1 is 1.55 bits per heavy atom. The fourth-order valence-corrected chi connectivity index (χ4v) is 0.657. The number of aliphatic hydroxyl groups excluding tert-OH is 1. The third-order valence-electron chi connectivity index (χ3n) is 1.16. The lowest BCUT2D eigenvalue weighted by atomic mass is 10.4. The van der Waals surface area contributed by atoms with E-state index in [4.69, 9.17) is 10.8 Å². The van der Waals surface area contributed by atoms with E-state index in [1.54, 1.807) is 0 Å². The molecule has 0 bridgehead atoms. The standard InChI is InChI=1S/C6H12N2O3/c1-5(10)8(2-3-9)4-6(7)11/h9H,2-4H2,1H3,(H2,7,11). The van der Waals surface area contributed by atoms with Gasteiger partial charge in [-0.15, -0.1) is 0 Å². The van der Waals surface area contributed by atoms with Crippen LogP contribution in [-0.2, 0) is 9.59 Å². The van der Waals surface area contributed by atoms with Gasteiger partial charge in [0.2, 0.25) is 11.8 Å². The number of nitrogens with zero attached hydrogens (tertiary/aromatic N) is 1. The van der Waals surface area contributed by atoms with Crippen molar-refractivity contribution >= 4 is 11.8 Å². The van der Waals surface area contributed by atoms with E-state index in [2.05, 4.69) is 0 Å². The van der Waals surface area contributed by atoms with Crippen molar-refractivity contribution in [3.8, 4) is 0 Å². The van der Waals surface area contributed by atoms with Gasteiger partial charge in [0.05, 0.1) is 13.2 Å². The molecular weight excluding hydrogens is 148 g/mol. The summed E-state index contributed by atoms with van der Waals surface area (Å²) in [5.74, 6) is -0.841. The minimum Gasteiger partial charge on any atom is -0.395 e. The molecule has 0 atom stereocenters. The number of aliphatic hydroxyl groups is 1. The van der Waals surface area contributed by atoms with Crippen molar-refractivity contribution in [2.75, 3.05) is 19.7 Å². The predicted octanol–water partition coefficient (Wildman–Crippen LogP) is -1.69. The topological polar surface area (TPSA) is 83.6 Å². The Kier molecular flexibility index (Phi) is 4.21. The summed E-state index contributed by atoms with van der Waals surface area (Å²) in [5.41, 5.74) is 4.85. The lowest BCUT2D eigenvalue weighted by Gasteiger charge is -2.17. The van der Waals surface area contributed by atoms with Crippen LogP contribution in [0.1, 0.15) is 6.92 Å². The molecule has 0 unspecified atom stereocenters. The van der Waals surface area contributed by atoms with Crippen LogP contribution in [0, 0.1) is 0 Å². The van der Waals surface area contributed by atoms with Gasteiger partial charge >= 0.3 is 0 Å². The van der Waals surface area contributed by atoms with Crippen molar-refractivity contribution < 1.29 is 14.7 Å². The number of carbonyl (C=O) groups is 2. The second-order valence-corrected chi connectivity index (χ2v) is 2.13. The molecule has 3 N–H and O–H groups in total. The maximum atomic E-state index is 10.7. The van der Waals surface area contributed by atoms with E-state index in [1.165, 1.54) is 11.8 Å². The van der Waals surface area contributed by atoms with Gasteiger partial charge in [-0.05, 0) is 0 Å². The molecule has 64 valence electrons. The van der Waals surface area contributed by atoms with Gasteiger partial charge < -0.3 is 15.7 Å². The van der Waals surface area contributed by atoms with Gasteiger partial charge in [0, 0.05) is 13.5 Å². The van der Waals surface area contributed by atoms with Crippen LogP contribution >= 0.6 is 0 Å². The number of nitrogens with two attached hydrogens (primary N) is 1. The lowest BCUT2D eigenvalue weighted by Crippen LogP contribution is -2.38. The molecule has 0 spiro atoms. The molecule has 0 radical (unpaired) electrons. The zero-order valence-corrected chi connectivity index (χ0v) is 6.41. The van der Waals surface area contributed by atoms with E-state index in [1.807, 2.05) is 0 Å². The zero-order chi connectivity index (χ0) is 8.85. The summed E-state index contributed by atoms with van der Waals surface area (Å²) in [6.45, 7) is 1.18. The number of amides is 2. The molecule has 0 aliphatic rings. The van der Waals surface area contributed by atoms with Crippen LogP contribution in [0.15, 0.2) is 0 Å². The van der Waals surface area contributed by atoms with Gasteiger partial charge in [0.25, 0.3) is 0 Å². The van der Waals surface area contributed by atoms with Crippen molar-refractivity contribution in [2.24, 2.45) is 5.73 Å². The first-order valence-electron chi connectivity index (χ1n) is 3.22. The highest BCUT2D eigenvalue weighted by molar-refractivity contribution is 5.82. The Hall–Kier alpha value is -1.10. The van der Waals surface area contributed by atoms with Crippen molar-refractivity contribution in [2.45, 2.75) is 6.92 Å². The predicted molar refractivity (Wildman–Crippen MR) is 38.5 cm³/mol. The van der Waals surface area contributed by atoms with Gasteiger partial charge in [-0.2, -0.15) is 0 Å². The van der Waals surface area contributed by atoms with Crippen LogP contribution in [0.25, 0.3) is 0 Å². The molecule has 0 aromatic carbocycles. The lowest BCUT2D eigenvalue weighted by molar-refractivity contribution is -0.133. The van der Waals surface area contributed by atoms with Gasteiger partial charge in [-0.1, -0.05) is 0 Å². The molecule has 0 aliphatic heterocycles. The van der Waals surface area contributed by atoms with E-state index >= 15 is 0 Å². The van der Waals surface area contributed by atoms with Gasteiger partial charge in [-0.25, -0.2) is 0 Å². The van der Waals surface area contributed by atoms with E-state index in [0.29, 0.717) is 0 Å². The summed E-state index contributed by atoms with van der Waals surface area (Å²) in [7, 11) is 0. The smallest absolute Gasteiger partial charge is 0.237 e. The molecular formula is C6H12N2O3. The third kappa shape index (κ3) is 4.32. The fourth-order valence-electron chi connectivity index (χ4n) is 0.657. The summed E-state index contributed by atoms with van der Waals surface area (Å²) in [6.07, 6.45) is 0. The largest absolute Gasteiger partial charge is 0.395 e. The average molecular weight is 160 g/mol. The molecule has 0 aromatic heterocycles. The molecule has 0 saturated carbocycles. The maximum absolute atomic E-state index is 10.7. The molecule has 0 heterocycles. The van der Waals surface area contributed by atoms with E-state index in [-0.39, 0.29) is 25.6 Å². The Labute approximate surface area is 64.8 Å². The van der Waals surface area contributed by atoms with Crippen LogP contribution in [-0.4, -0.2) is 41.5 Å². The summed E-state index contributed by atoms with van der Waals surface area (Å²) in [5, 5.41) is 8.45. The van der Waals surface area contributed by atoms with Crippen LogP contribution in [0.2, 0.25) is 0 Å². The first-order valence-corrected chi connectivity index (χ1v) is 3.22. The highest BCUT2D eigenvalue weighted by Crippen LogP contribution is 1.86. The van der Waals surface area contributed by atoms with Crippen molar-refractivity contribution in [1.82, 2.24) is 4.90 Å². The first-order chi connectivity index (χ1) is 5.07. The van der Waals surface area contributed by atoms with E-state index in [0.717, 1.165) is 0 Å². The Morgan fingerprint density at radius 2 is 2.09 bits per heavy atom. The molecule has 11 heavy (non-hydrogen) atoms. The number of rotatable bonds is 4. The van der Waals surface area contributed by atoms with Gasteiger partial charge in [-0.3, -0.25) is 9.59 Å². The first kappa shape index (κ1) is 9.90. The minimum absolute atomic E-state index is 0.129. The number of hydrogen-bond acceptors (Lipinski definition) is 3. The van der Waals surface area contributed by atoms with Crippen LogP contribution in [0.3, 0.4) is 0 Å². The molecule has 0 fully saturated rings. The maximum Gasteiger partial charge on any atom is 0.237 e. The molecule has 5 heteroatoms. The van der Waals surface area contributed by atoms with E-state index in [9.17, 15) is 9.59 Å². The molecule has 0 rings (SSSR count). The summed E-state index contributed by atoms with van der Waals surface area (Å²) in [4.78, 5) is 22.2. The molecule has 2 amide bonds. The summed E-state index contributed by atoms with van der Waals surface area (Å²) in [6, 6.07) is 0. The van der Waals surface area contributed by atoms with Crippen molar-refractivity contribution in [3.63, 3.8) is 0 Å². The normalized spacial score (nSPS) is 9.27. The van der Waals surface area contributed by atoms with Crippen molar-refractivity contribution in [1.29, 1.82) is 0 Å². The number of primary amides is 1. The minimum atomic E-state index is -0.575. The third-order valence-corrected chi connectivity index (χ3v) is 1.16. The zero-order valence-electron chi connectivity index (χ0n) is 6.41. The molecule has 5 nitrogen and oxygen atoms in total. The quantitative estimate of drug-likeness (QED) is 0.514. The Balaban J connectivity index is 3.89. The fraction of sp³-hybridized carbons (Fsp3) is 0.667. The molecule has 0 aliphatic carbocycles. The Bertz CT molecular complexity index is 158. The van der Waals surface area contributed by atoms with Crippen LogP contribution in [0.5, 0.6) is 0 Å². The molecule has 0 aromatic rings. The highest BCUT2D eigenvalue weighted by atomic mass is 16.3. The number of hydrogen-bond donors (Lipinski definition) is 2. The second-order valence-electron chi connectivity index (χ2n) is 2.13. The SMILES string of the molecule is CC(=O)N(CCO)CC(N)=O. The molecule has 0 saturated heterocycles. The average Bonchev–Trinajstić information content (AvgIpc) is 1.86. The van der Waals surface area contributed by atoms with Gasteiger partial charge in [0.15, 0.2) is 0 Å². The van der Waals surface area contributed by atoms with Crippen molar-refractivity contribution in [3.05, 3.63) is 0 Å². The second kappa shape index (κ2) is 4.68. The van der Waals surface area contributed by atoms with Gasteiger partial charge in [0.1, 0.15) is 0 Å². The highest BCUT2D eigenvalue weighted by Gasteiger charge is 2.09. The van der Waals surface area contributed by atoms with Crippen LogP contribution in [0.4, 0.5) is 0 Å². The van der Waals surface area contributed by atoms with Crippen LogP contribution < -0.4 is 5.73 Å². The summed E-state index contributed by atoms with van der Waals surface area (Å²) >= 11 is 0. The Morgan fingerprint density at radius 3 is 2.36 bits per heavy atom.